The largest absolute Gasteiger partial charge is 0.481 e. The lowest BCUT2D eigenvalue weighted by molar-refractivity contribution is -0.149. The van der Waals surface area contributed by atoms with Crippen molar-refractivity contribution in [1.82, 2.24) is 9.78 Å². The molecule has 23 heavy (non-hydrogen) atoms. The minimum atomic E-state index is -0.810. The summed E-state index contributed by atoms with van der Waals surface area (Å²) in [5, 5.41) is 13.8. The van der Waals surface area contributed by atoms with Crippen molar-refractivity contribution in [1.29, 1.82) is 0 Å². The molecule has 0 spiro atoms. The maximum Gasteiger partial charge on any atom is 0.303 e. The third-order valence-corrected chi connectivity index (χ3v) is 6.92. The second-order valence-electron chi connectivity index (χ2n) is 7.44. The van der Waals surface area contributed by atoms with Crippen molar-refractivity contribution in [2.45, 2.75) is 44.1 Å². The molecule has 5 nitrogen and oxygen atoms in total. The fourth-order valence-corrected chi connectivity index (χ4v) is 5.96. The molecular weight excluding hydrogens is 339 g/mol. The van der Waals surface area contributed by atoms with Gasteiger partial charge in [-0.3, -0.25) is 9.59 Å². The van der Waals surface area contributed by atoms with Crippen LogP contribution in [0.3, 0.4) is 0 Å². The maximum atomic E-state index is 12.7. The Balaban J connectivity index is 1.87. The van der Waals surface area contributed by atoms with Gasteiger partial charge in [-0.15, -0.1) is 0 Å². The first kappa shape index (κ1) is 15.5. The summed E-state index contributed by atoms with van der Waals surface area (Å²) >= 11 is 12.0. The van der Waals surface area contributed by atoms with E-state index in [2.05, 4.69) is 5.10 Å². The molecule has 0 aliphatic heterocycles. The lowest BCUT2D eigenvalue weighted by atomic mass is 9.48. The highest BCUT2D eigenvalue weighted by Gasteiger charge is 2.59. The Labute approximate surface area is 143 Å². The van der Waals surface area contributed by atoms with E-state index in [-0.39, 0.29) is 22.4 Å². The summed E-state index contributed by atoms with van der Waals surface area (Å²) in [6, 6.07) is 0. The fraction of sp³-hybridized carbons (Fsp3) is 0.688. The van der Waals surface area contributed by atoms with E-state index in [0.29, 0.717) is 17.8 Å². The van der Waals surface area contributed by atoms with Crippen LogP contribution >= 0.6 is 23.2 Å². The SMILES string of the molecule is O=C(O)C[C@@H]1C2C[C@@H]3C[C@H](C2)CC1(n1ncc(Cl)c(Cl)c1=O)C3. The van der Waals surface area contributed by atoms with Crippen LogP contribution in [0.4, 0.5) is 0 Å². The number of aliphatic carboxylic acids is 1. The third kappa shape index (κ3) is 2.23. The van der Waals surface area contributed by atoms with Gasteiger partial charge in [0.25, 0.3) is 5.56 Å². The van der Waals surface area contributed by atoms with Crippen LogP contribution in [-0.2, 0) is 10.3 Å². The molecule has 2 unspecified atom stereocenters. The monoisotopic (exact) mass is 356 g/mol. The lowest BCUT2D eigenvalue weighted by Gasteiger charge is -2.60. The molecule has 4 fully saturated rings. The van der Waals surface area contributed by atoms with Gasteiger partial charge in [-0.05, 0) is 55.8 Å². The number of aromatic nitrogens is 2. The first-order valence-electron chi connectivity index (χ1n) is 8.06. The molecule has 1 aromatic heterocycles. The van der Waals surface area contributed by atoms with Crippen LogP contribution in [0.1, 0.15) is 38.5 Å². The summed E-state index contributed by atoms with van der Waals surface area (Å²) in [5.41, 5.74) is -0.908. The zero-order valence-electron chi connectivity index (χ0n) is 12.5. The number of rotatable bonds is 3. The molecule has 0 radical (unpaired) electrons. The van der Waals surface area contributed by atoms with E-state index >= 15 is 0 Å². The summed E-state index contributed by atoms with van der Waals surface area (Å²) in [6.45, 7) is 0. The highest BCUT2D eigenvalue weighted by Crippen LogP contribution is 2.62. The lowest BCUT2D eigenvalue weighted by Crippen LogP contribution is -2.61. The first-order valence-corrected chi connectivity index (χ1v) is 8.82. The van der Waals surface area contributed by atoms with Crippen molar-refractivity contribution in [3.8, 4) is 0 Å². The van der Waals surface area contributed by atoms with Gasteiger partial charge in [-0.2, -0.15) is 5.10 Å². The van der Waals surface area contributed by atoms with Crippen molar-refractivity contribution in [2.75, 3.05) is 0 Å². The van der Waals surface area contributed by atoms with Crippen molar-refractivity contribution in [2.24, 2.45) is 23.7 Å². The topological polar surface area (TPSA) is 72.2 Å². The third-order valence-electron chi connectivity index (χ3n) is 6.18. The average molecular weight is 357 g/mol. The van der Waals surface area contributed by atoms with E-state index in [0.717, 1.165) is 25.7 Å². The Morgan fingerprint density at radius 1 is 1.30 bits per heavy atom. The molecule has 1 aromatic rings. The number of halogens is 2. The molecule has 1 N–H and O–H groups in total. The molecule has 5 rings (SSSR count). The molecule has 4 saturated carbocycles. The molecule has 4 aliphatic carbocycles. The highest BCUT2D eigenvalue weighted by molar-refractivity contribution is 6.41. The van der Waals surface area contributed by atoms with E-state index in [9.17, 15) is 14.7 Å². The van der Waals surface area contributed by atoms with Gasteiger partial charge >= 0.3 is 5.97 Å². The Kier molecular flexibility index (Phi) is 3.50. The molecule has 0 amide bonds. The minimum absolute atomic E-state index is 0.0218. The summed E-state index contributed by atoms with van der Waals surface area (Å²) in [7, 11) is 0. The van der Waals surface area contributed by atoms with Gasteiger partial charge in [0.15, 0.2) is 0 Å². The average Bonchev–Trinajstić information content (AvgIpc) is 2.47. The molecule has 4 aliphatic rings. The fourth-order valence-electron chi connectivity index (χ4n) is 5.71. The zero-order chi connectivity index (χ0) is 16.4. The molecule has 4 bridgehead atoms. The molecule has 0 saturated heterocycles. The zero-order valence-corrected chi connectivity index (χ0v) is 14.1. The van der Waals surface area contributed by atoms with Crippen LogP contribution < -0.4 is 5.56 Å². The van der Waals surface area contributed by atoms with E-state index in [1.165, 1.54) is 17.3 Å². The number of nitrogens with zero attached hydrogens (tertiary/aromatic N) is 2. The van der Waals surface area contributed by atoms with E-state index in [4.69, 9.17) is 23.2 Å². The maximum absolute atomic E-state index is 12.7. The van der Waals surface area contributed by atoms with Gasteiger partial charge in [-0.1, -0.05) is 23.2 Å². The van der Waals surface area contributed by atoms with Crippen LogP contribution in [0.25, 0.3) is 0 Å². The normalized spacial score (nSPS) is 38.0. The van der Waals surface area contributed by atoms with Crippen LogP contribution in [-0.4, -0.2) is 20.9 Å². The Morgan fingerprint density at radius 2 is 1.96 bits per heavy atom. The Morgan fingerprint density at radius 3 is 2.57 bits per heavy atom. The van der Waals surface area contributed by atoms with Gasteiger partial charge in [0.2, 0.25) is 0 Å². The standard InChI is InChI=1S/C16H18Cl2N2O3/c17-12-7-19-20(15(23)14(12)18)16-5-8-1-9(6-16)3-10(2-8)11(16)4-13(21)22/h7-11H,1-6H2,(H,21,22)/t8-,9+,10?,11-,16?/m1/s1. The quantitative estimate of drug-likeness (QED) is 0.902. The number of hydrogen-bond acceptors (Lipinski definition) is 3. The predicted octanol–water partition coefficient (Wildman–Crippen LogP) is 3.18. The molecule has 0 aromatic carbocycles. The summed E-state index contributed by atoms with van der Waals surface area (Å²) < 4.78 is 1.47. The Hall–Kier alpha value is -1.07. The molecular formula is C16H18Cl2N2O3. The van der Waals surface area contributed by atoms with Crippen molar-refractivity contribution in [3.05, 3.63) is 26.6 Å². The van der Waals surface area contributed by atoms with Gasteiger partial charge in [0, 0.05) is 0 Å². The number of carboxylic acid groups (broad SMARTS) is 1. The van der Waals surface area contributed by atoms with E-state index in [1.54, 1.807) is 0 Å². The predicted molar refractivity (Wildman–Crippen MR) is 85.8 cm³/mol. The second-order valence-corrected chi connectivity index (χ2v) is 8.22. The molecule has 7 heteroatoms. The van der Waals surface area contributed by atoms with Gasteiger partial charge < -0.3 is 5.11 Å². The molecule has 5 atom stereocenters. The van der Waals surface area contributed by atoms with E-state index in [1.807, 2.05) is 0 Å². The van der Waals surface area contributed by atoms with Gasteiger partial charge in [0.1, 0.15) is 5.02 Å². The van der Waals surface area contributed by atoms with Crippen LogP contribution in [0.5, 0.6) is 0 Å². The molecule has 124 valence electrons. The smallest absolute Gasteiger partial charge is 0.303 e. The van der Waals surface area contributed by atoms with Crippen LogP contribution in [0, 0.1) is 23.7 Å². The van der Waals surface area contributed by atoms with Gasteiger partial charge in [-0.25, -0.2) is 4.68 Å². The molecule has 1 heterocycles. The second kappa shape index (κ2) is 5.21. The number of carboxylic acids is 1. The highest BCUT2D eigenvalue weighted by atomic mass is 35.5. The van der Waals surface area contributed by atoms with E-state index < -0.39 is 17.1 Å². The van der Waals surface area contributed by atoms with Crippen LogP contribution in [0.2, 0.25) is 10.0 Å². The minimum Gasteiger partial charge on any atom is -0.481 e. The summed E-state index contributed by atoms with van der Waals surface area (Å²) in [6.07, 6.45) is 6.47. The Bertz CT molecular complexity index is 719. The first-order chi connectivity index (χ1) is 10.9. The van der Waals surface area contributed by atoms with Crippen molar-refractivity contribution >= 4 is 29.2 Å². The van der Waals surface area contributed by atoms with Crippen molar-refractivity contribution in [3.63, 3.8) is 0 Å². The van der Waals surface area contributed by atoms with Gasteiger partial charge in [0.05, 0.1) is 23.2 Å². The van der Waals surface area contributed by atoms with Crippen LogP contribution in [0.15, 0.2) is 11.0 Å². The number of hydrogen-bond donors (Lipinski definition) is 1. The summed E-state index contributed by atoms with van der Waals surface area (Å²) in [5.74, 6) is 0.604. The number of carbonyl (C=O) groups is 1. The van der Waals surface area contributed by atoms with Crippen molar-refractivity contribution < 1.29 is 9.90 Å². The summed E-state index contributed by atoms with van der Waals surface area (Å²) in [4.78, 5) is 24.1.